The number of hydrogen-bond acceptors (Lipinski definition) is 5. The standard InChI is InChI=1S/C18H20N2O5S/c1-12-7-9-15(10-8-12)20-26(23,24)16-6-4-5-14(11-16)18(22)25-13(2)17(21)19-3/h4-11,13,20H,1-3H3,(H,19,21)/t13-/m1/s1. The quantitative estimate of drug-likeness (QED) is 0.752. The fourth-order valence-electron chi connectivity index (χ4n) is 2.11. The lowest BCUT2D eigenvalue weighted by Gasteiger charge is -2.12. The summed E-state index contributed by atoms with van der Waals surface area (Å²) >= 11 is 0. The van der Waals surface area contributed by atoms with E-state index in [0.717, 1.165) is 5.56 Å². The zero-order valence-corrected chi connectivity index (χ0v) is 15.5. The smallest absolute Gasteiger partial charge is 0.338 e. The molecule has 0 radical (unpaired) electrons. The van der Waals surface area contributed by atoms with Gasteiger partial charge >= 0.3 is 5.97 Å². The van der Waals surface area contributed by atoms with Gasteiger partial charge in [0.15, 0.2) is 6.10 Å². The summed E-state index contributed by atoms with van der Waals surface area (Å²) in [5, 5.41) is 2.37. The van der Waals surface area contributed by atoms with Gasteiger partial charge in [0, 0.05) is 12.7 Å². The molecule has 0 aliphatic carbocycles. The van der Waals surface area contributed by atoms with Crippen molar-refractivity contribution in [3.05, 3.63) is 59.7 Å². The second-order valence-corrected chi connectivity index (χ2v) is 7.34. The van der Waals surface area contributed by atoms with Crippen molar-refractivity contribution in [1.82, 2.24) is 5.32 Å². The Labute approximate surface area is 152 Å². The maximum atomic E-state index is 12.5. The van der Waals surface area contributed by atoms with Crippen LogP contribution in [0.15, 0.2) is 53.4 Å². The van der Waals surface area contributed by atoms with Crippen LogP contribution in [0.5, 0.6) is 0 Å². The molecule has 0 aromatic heterocycles. The van der Waals surface area contributed by atoms with Crippen LogP contribution in [0, 0.1) is 6.92 Å². The molecule has 0 unspecified atom stereocenters. The average molecular weight is 376 g/mol. The van der Waals surface area contributed by atoms with Crippen molar-refractivity contribution in [2.24, 2.45) is 0 Å². The van der Waals surface area contributed by atoms with E-state index in [4.69, 9.17) is 4.74 Å². The Bertz CT molecular complexity index is 907. The Kier molecular flexibility index (Phi) is 5.99. The minimum absolute atomic E-state index is 0.0348. The van der Waals surface area contributed by atoms with Crippen LogP contribution in [0.2, 0.25) is 0 Å². The first-order chi connectivity index (χ1) is 12.2. The van der Waals surface area contributed by atoms with Crippen molar-refractivity contribution in [3.8, 4) is 0 Å². The molecule has 2 aromatic carbocycles. The maximum Gasteiger partial charge on any atom is 0.338 e. The van der Waals surface area contributed by atoms with E-state index in [1.54, 1.807) is 24.3 Å². The number of esters is 1. The first kappa shape index (κ1) is 19.5. The number of nitrogens with one attached hydrogen (secondary N) is 2. The van der Waals surface area contributed by atoms with Gasteiger partial charge in [-0.3, -0.25) is 9.52 Å². The minimum Gasteiger partial charge on any atom is -0.449 e. The monoisotopic (exact) mass is 376 g/mol. The molecule has 0 aliphatic rings. The van der Waals surface area contributed by atoms with Gasteiger partial charge in [-0.05, 0) is 44.2 Å². The van der Waals surface area contributed by atoms with Gasteiger partial charge in [0.25, 0.3) is 15.9 Å². The number of anilines is 1. The van der Waals surface area contributed by atoms with Crippen molar-refractivity contribution < 1.29 is 22.7 Å². The van der Waals surface area contributed by atoms with Gasteiger partial charge < -0.3 is 10.1 Å². The Hall–Kier alpha value is -2.87. The largest absolute Gasteiger partial charge is 0.449 e. The van der Waals surface area contributed by atoms with Crippen LogP contribution >= 0.6 is 0 Å². The molecule has 2 N–H and O–H groups in total. The third kappa shape index (κ3) is 4.82. The lowest BCUT2D eigenvalue weighted by Crippen LogP contribution is -2.33. The van der Waals surface area contributed by atoms with Crippen LogP contribution in [0.3, 0.4) is 0 Å². The van der Waals surface area contributed by atoms with Crippen LogP contribution in [0.25, 0.3) is 0 Å². The summed E-state index contributed by atoms with van der Waals surface area (Å²) in [5.41, 5.74) is 1.45. The van der Waals surface area contributed by atoms with E-state index < -0.39 is 28.0 Å². The molecule has 138 valence electrons. The summed E-state index contributed by atoms with van der Waals surface area (Å²) in [6, 6.07) is 12.3. The summed E-state index contributed by atoms with van der Waals surface area (Å²) in [4.78, 5) is 23.5. The van der Waals surface area contributed by atoms with Gasteiger partial charge in [-0.25, -0.2) is 13.2 Å². The van der Waals surface area contributed by atoms with Crippen LogP contribution in [0.1, 0.15) is 22.8 Å². The molecule has 0 aliphatic heterocycles. The summed E-state index contributed by atoms with van der Waals surface area (Å²) in [7, 11) is -2.44. The fraction of sp³-hybridized carbons (Fsp3) is 0.222. The van der Waals surface area contributed by atoms with Gasteiger partial charge in [-0.2, -0.15) is 0 Å². The first-order valence-electron chi connectivity index (χ1n) is 7.85. The summed E-state index contributed by atoms with van der Waals surface area (Å²) in [6.45, 7) is 3.32. The highest BCUT2D eigenvalue weighted by molar-refractivity contribution is 7.92. The molecule has 0 saturated heterocycles. The van der Waals surface area contributed by atoms with Gasteiger partial charge in [0.1, 0.15) is 0 Å². The molecule has 0 heterocycles. The molecule has 1 atom stereocenters. The molecule has 2 rings (SSSR count). The molecular formula is C18H20N2O5S. The number of hydrogen-bond donors (Lipinski definition) is 2. The average Bonchev–Trinajstić information content (AvgIpc) is 2.62. The molecule has 8 heteroatoms. The number of benzene rings is 2. The van der Waals surface area contributed by atoms with Gasteiger partial charge in [0.2, 0.25) is 0 Å². The number of rotatable bonds is 6. The number of carbonyl (C=O) groups excluding carboxylic acids is 2. The zero-order chi connectivity index (χ0) is 19.3. The molecule has 1 amide bonds. The van der Waals surface area contributed by atoms with E-state index in [1.807, 2.05) is 6.92 Å². The molecule has 0 saturated carbocycles. The maximum absolute atomic E-state index is 12.5. The topological polar surface area (TPSA) is 102 Å². The summed E-state index contributed by atoms with van der Waals surface area (Å²) in [5.74, 6) is -1.24. The van der Waals surface area contributed by atoms with Crippen LogP contribution in [-0.4, -0.2) is 33.4 Å². The molecule has 0 spiro atoms. The molecule has 0 fully saturated rings. The van der Waals surface area contributed by atoms with E-state index in [1.165, 1.54) is 38.2 Å². The van der Waals surface area contributed by atoms with Crippen molar-refractivity contribution in [2.75, 3.05) is 11.8 Å². The fourth-order valence-corrected chi connectivity index (χ4v) is 3.22. The summed E-state index contributed by atoms with van der Waals surface area (Å²) < 4.78 is 32.5. The Morgan fingerprint density at radius 2 is 1.73 bits per heavy atom. The number of amides is 1. The third-order valence-electron chi connectivity index (χ3n) is 3.58. The van der Waals surface area contributed by atoms with Crippen LogP contribution < -0.4 is 10.0 Å². The number of carbonyl (C=O) groups is 2. The van der Waals surface area contributed by atoms with Crippen molar-refractivity contribution in [1.29, 1.82) is 0 Å². The predicted molar refractivity (Wildman–Crippen MR) is 97.4 cm³/mol. The van der Waals surface area contributed by atoms with E-state index in [2.05, 4.69) is 10.0 Å². The SMILES string of the molecule is CNC(=O)[C@@H](C)OC(=O)c1cccc(S(=O)(=O)Nc2ccc(C)cc2)c1. The van der Waals surface area contributed by atoms with Gasteiger partial charge in [-0.15, -0.1) is 0 Å². The first-order valence-corrected chi connectivity index (χ1v) is 9.33. The van der Waals surface area contributed by atoms with Crippen molar-refractivity contribution in [2.45, 2.75) is 24.8 Å². The Balaban J connectivity index is 2.20. The predicted octanol–water partition coefficient (Wildman–Crippen LogP) is 2.09. The zero-order valence-electron chi connectivity index (χ0n) is 14.6. The van der Waals surface area contributed by atoms with E-state index >= 15 is 0 Å². The molecule has 7 nitrogen and oxygen atoms in total. The number of likely N-dealkylation sites (N-methyl/N-ethyl adjacent to an activating group) is 1. The highest BCUT2D eigenvalue weighted by Gasteiger charge is 2.20. The third-order valence-corrected chi connectivity index (χ3v) is 4.96. The number of ether oxygens (including phenoxy) is 1. The minimum atomic E-state index is -3.87. The lowest BCUT2D eigenvalue weighted by atomic mass is 10.2. The molecule has 0 bridgehead atoms. The van der Waals surface area contributed by atoms with Crippen molar-refractivity contribution >= 4 is 27.6 Å². The van der Waals surface area contributed by atoms with Gasteiger partial charge in [0.05, 0.1) is 10.5 Å². The van der Waals surface area contributed by atoms with E-state index in [9.17, 15) is 18.0 Å². The van der Waals surface area contributed by atoms with E-state index in [-0.39, 0.29) is 10.5 Å². The van der Waals surface area contributed by atoms with Gasteiger partial charge in [-0.1, -0.05) is 23.8 Å². The molecule has 2 aromatic rings. The van der Waals surface area contributed by atoms with Crippen LogP contribution in [-0.2, 0) is 19.6 Å². The number of sulfonamides is 1. The highest BCUT2D eigenvalue weighted by Crippen LogP contribution is 2.18. The van der Waals surface area contributed by atoms with Crippen molar-refractivity contribution in [3.63, 3.8) is 0 Å². The second-order valence-electron chi connectivity index (χ2n) is 5.66. The lowest BCUT2D eigenvalue weighted by molar-refractivity contribution is -0.128. The second kappa shape index (κ2) is 8.01. The Morgan fingerprint density at radius 1 is 1.08 bits per heavy atom. The van der Waals surface area contributed by atoms with E-state index in [0.29, 0.717) is 5.69 Å². The molecule has 26 heavy (non-hydrogen) atoms. The van der Waals surface area contributed by atoms with Crippen LogP contribution in [0.4, 0.5) is 5.69 Å². The number of aryl methyl sites for hydroxylation is 1. The highest BCUT2D eigenvalue weighted by atomic mass is 32.2. The normalized spacial score (nSPS) is 12.1. The Morgan fingerprint density at radius 3 is 2.35 bits per heavy atom. The summed E-state index contributed by atoms with van der Waals surface area (Å²) in [6.07, 6.45) is -0.988. The molecular weight excluding hydrogens is 356 g/mol.